The minimum absolute atomic E-state index is 0.00886. The minimum Gasteiger partial charge on any atom is -0.354 e. The van der Waals surface area contributed by atoms with Gasteiger partial charge in [-0.15, -0.1) is 0 Å². The van der Waals surface area contributed by atoms with Crippen LogP contribution in [0.15, 0.2) is 18.2 Å². The second-order valence-corrected chi connectivity index (χ2v) is 8.58. The molecular weight excluding hydrogens is 384 g/mol. The van der Waals surface area contributed by atoms with Crippen LogP contribution in [0.2, 0.25) is 0 Å². The molecule has 30 heavy (non-hydrogen) atoms. The number of nitro groups is 1. The molecule has 2 amide bonds. The fourth-order valence-electron chi connectivity index (χ4n) is 4.36. The Morgan fingerprint density at radius 3 is 2.60 bits per heavy atom. The molecule has 1 atom stereocenters. The van der Waals surface area contributed by atoms with E-state index in [0.717, 1.165) is 38.4 Å². The van der Waals surface area contributed by atoms with E-state index in [1.165, 1.54) is 31.0 Å². The molecule has 1 N–H and O–H groups in total. The fraction of sp³-hybridized carbons (Fsp3) is 0.636. The number of piperidine rings is 1. The van der Waals surface area contributed by atoms with Crippen molar-refractivity contribution in [2.45, 2.75) is 52.0 Å². The lowest BCUT2D eigenvalue weighted by atomic mass is 9.99. The van der Waals surface area contributed by atoms with Gasteiger partial charge in [-0.2, -0.15) is 0 Å². The molecule has 1 aromatic rings. The van der Waals surface area contributed by atoms with Crippen LogP contribution in [0.3, 0.4) is 0 Å². The van der Waals surface area contributed by atoms with Gasteiger partial charge in [-0.25, -0.2) is 0 Å². The molecule has 2 aliphatic rings. The molecule has 0 radical (unpaired) electrons. The van der Waals surface area contributed by atoms with Gasteiger partial charge in [-0.05, 0) is 76.7 Å². The number of benzene rings is 1. The van der Waals surface area contributed by atoms with E-state index in [4.69, 9.17) is 0 Å². The molecule has 164 valence electrons. The van der Waals surface area contributed by atoms with Crippen LogP contribution < -0.4 is 5.32 Å². The minimum atomic E-state index is -0.469. The summed E-state index contributed by atoms with van der Waals surface area (Å²) in [7, 11) is 0. The van der Waals surface area contributed by atoms with Crippen LogP contribution in [0.4, 0.5) is 5.69 Å². The van der Waals surface area contributed by atoms with E-state index in [1.54, 1.807) is 11.8 Å². The van der Waals surface area contributed by atoms with Crippen LogP contribution in [0, 0.1) is 23.0 Å². The van der Waals surface area contributed by atoms with E-state index in [2.05, 4.69) is 17.1 Å². The summed E-state index contributed by atoms with van der Waals surface area (Å²) in [4.78, 5) is 40.2. The van der Waals surface area contributed by atoms with Crippen molar-refractivity contribution < 1.29 is 14.5 Å². The van der Waals surface area contributed by atoms with Gasteiger partial charge in [0.1, 0.15) is 6.04 Å². The topological polar surface area (TPSA) is 95.8 Å². The van der Waals surface area contributed by atoms with Crippen molar-refractivity contribution in [3.8, 4) is 0 Å². The number of rotatable bonds is 7. The largest absolute Gasteiger partial charge is 0.354 e. The van der Waals surface area contributed by atoms with E-state index in [-0.39, 0.29) is 17.5 Å². The quantitative estimate of drug-likeness (QED) is 0.419. The summed E-state index contributed by atoms with van der Waals surface area (Å²) in [5, 5.41) is 14.0. The van der Waals surface area contributed by atoms with Gasteiger partial charge in [-0.1, -0.05) is 6.92 Å². The number of aryl methyl sites for hydroxylation is 1. The first-order chi connectivity index (χ1) is 14.4. The summed E-state index contributed by atoms with van der Waals surface area (Å²) in [5.41, 5.74) is 0.820. The highest BCUT2D eigenvalue weighted by atomic mass is 16.6. The Hall–Kier alpha value is -2.48. The number of nitro benzene ring substituents is 1. The predicted octanol–water partition coefficient (Wildman–Crippen LogP) is 2.75. The summed E-state index contributed by atoms with van der Waals surface area (Å²) >= 11 is 0. The van der Waals surface area contributed by atoms with Gasteiger partial charge >= 0.3 is 0 Å². The van der Waals surface area contributed by atoms with Gasteiger partial charge in [0.25, 0.3) is 11.6 Å². The lowest BCUT2D eigenvalue weighted by Gasteiger charge is -2.30. The Balaban J connectivity index is 1.50. The first-order valence-electron chi connectivity index (χ1n) is 10.9. The number of hydrogen-bond acceptors (Lipinski definition) is 5. The summed E-state index contributed by atoms with van der Waals surface area (Å²) in [6.45, 7) is 8.31. The van der Waals surface area contributed by atoms with Crippen molar-refractivity contribution in [1.82, 2.24) is 15.1 Å². The number of carbonyl (C=O) groups is 2. The number of amides is 2. The zero-order chi connectivity index (χ0) is 21.7. The molecule has 0 bridgehead atoms. The van der Waals surface area contributed by atoms with E-state index in [1.807, 2.05) is 0 Å². The van der Waals surface area contributed by atoms with Crippen LogP contribution in [-0.2, 0) is 4.79 Å². The molecule has 0 aliphatic carbocycles. The van der Waals surface area contributed by atoms with Crippen molar-refractivity contribution in [2.24, 2.45) is 5.92 Å². The van der Waals surface area contributed by atoms with E-state index in [0.29, 0.717) is 30.6 Å². The Bertz CT molecular complexity index is 789. The van der Waals surface area contributed by atoms with Crippen molar-refractivity contribution in [2.75, 3.05) is 32.7 Å². The monoisotopic (exact) mass is 416 g/mol. The molecule has 2 heterocycles. The maximum absolute atomic E-state index is 12.9. The van der Waals surface area contributed by atoms with Crippen LogP contribution in [0.5, 0.6) is 0 Å². The van der Waals surface area contributed by atoms with E-state index in [9.17, 15) is 19.7 Å². The van der Waals surface area contributed by atoms with Gasteiger partial charge in [0, 0.05) is 30.3 Å². The molecule has 0 spiro atoms. The molecule has 0 saturated carbocycles. The normalized spacial score (nSPS) is 20.3. The highest BCUT2D eigenvalue weighted by molar-refractivity contribution is 5.98. The number of carbonyl (C=O) groups excluding carboxylic acids is 2. The molecule has 1 unspecified atom stereocenters. The van der Waals surface area contributed by atoms with Gasteiger partial charge in [0.15, 0.2) is 0 Å². The third-order valence-electron chi connectivity index (χ3n) is 6.28. The molecule has 2 saturated heterocycles. The zero-order valence-electron chi connectivity index (χ0n) is 17.9. The van der Waals surface area contributed by atoms with Crippen LogP contribution in [0.1, 0.15) is 54.9 Å². The Morgan fingerprint density at radius 2 is 1.93 bits per heavy atom. The van der Waals surface area contributed by atoms with Crippen LogP contribution >= 0.6 is 0 Å². The van der Waals surface area contributed by atoms with Crippen LogP contribution in [0.25, 0.3) is 0 Å². The van der Waals surface area contributed by atoms with Crippen molar-refractivity contribution in [1.29, 1.82) is 0 Å². The summed E-state index contributed by atoms with van der Waals surface area (Å²) in [6, 6.07) is 3.89. The van der Waals surface area contributed by atoms with Gasteiger partial charge in [0.2, 0.25) is 5.91 Å². The molecule has 8 nitrogen and oxygen atoms in total. The van der Waals surface area contributed by atoms with Crippen molar-refractivity contribution in [3.63, 3.8) is 0 Å². The molecular formula is C22H32N4O4. The van der Waals surface area contributed by atoms with Gasteiger partial charge in [0.05, 0.1) is 4.92 Å². The Labute approximate surface area is 177 Å². The van der Waals surface area contributed by atoms with Gasteiger partial charge in [-0.3, -0.25) is 19.7 Å². The van der Waals surface area contributed by atoms with E-state index < -0.39 is 11.0 Å². The first kappa shape index (κ1) is 22.2. The average molecular weight is 417 g/mol. The molecule has 1 aromatic carbocycles. The van der Waals surface area contributed by atoms with Crippen LogP contribution in [-0.4, -0.2) is 65.3 Å². The lowest BCUT2D eigenvalue weighted by Crippen LogP contribution is -2.46. The summed E-state index contributed by atoms with van der Waals surface area (Å²) in [6.07, 6.45) is 4.82. The predicted molar refractivity (Wildman–Crippen MR) is 114 cm³/mol. The van der Waals surface area contributed by atoms with Crippen molar-refractivity contribution >= 4 is 17.5 Å². The molecule has 0 aromatic heterocycles. The second kappa shape index (κ2) is 10.0. The number of likely N-dealkylation sites (tertiary alicyclic amines) is 2. The smallest absolute Gasteiger partial charge is 0.272 e. The molecule has 8 heteroatoms. The highest BCUT2D eigenvalue weighted by Gasteiger charge is 2.34. The number of nitrogens with zero attached hydrogens (tertiary/aromatic N) is 3. The SMILES string of the molecule is Cc1cc(C(=O)N2CCCC2C(=O)NCCCN2CCC(C)CC2)ccc1[N+](=O)[O-]. The summed E-state index contributed by atoms with van der Waals surface area (Å²) < 4.78 is 0. The third kappa shape index (κ3) is 5.36. The third-order valence-corrected chi connectivity index (χ3v) is 6.28. The number of hydrogen-bond donors (Lipinski definition) is 1. The first-order valence-corrected chi connectivity index (χ1v) is 10.9. The maximum Gasteiger partial charge on any atom is 0.272 e. The summed E-state index contributed by atoms with van der Waals surface area (Å²) in [5.74, 6) is 0.464. The second-order valence-electron chi connectivity index (χ2n) is 8.58. The maximum atomic E-state index is 12.9. The standard InChI is InChI=1S/C22H32N4O4/c1-16-8-13-24(14-9-16)11-4-10-23-21(27)20-5-3-12-25(20)22(28)18-6-7-19(26(29)30)17(2)15-18/h6-7,15-16,20H,3-5,8-14H2,1-2H3,(H,23,27). The lowest BCUT2D eigenvalue weighted by molar-refractivity contribution is -0.385. The van der Waals surface area contributed by atoms with Crippen molar-refractivity contribution in [3.05, 3.63) is 39.4 Å². The molecule has 2 aliphatic heterocycles. The zero-order valence-corrected chi connectivity index (χ0v) is 17.9. The van der Waals surface area contributed by atoms with E-state index >= 15 is 0 Å². The highest BCUT2D eigenvalue weighted by Crippen LogP contribution is 2.24. The fourth-order valence-corrected chi connectivity index (χ4v) is 4.36. The Morgan fingerprint density at radius 1 is 1.20 bits per heavy atom. The Kier molecular flexibility index (Phi) is 7.42. The van der Waals surface area contributed by atoms with Gasteiger partial charge < -0.3 is 15.1 Å². The molecule has 2 fully saturated rings. The molecule has 3 rings (SSSR count). The average Bonchev–Trinajstić information content (AvgIpc) is 3.21. The number of nitrogens with one attached hydrogen (secondary N) is 1.